The van der Waals surface area contributed by atoms with E-state index in [1.807, 2.05) is 13.8 Å². The van der Waals surface area contributed by atoms with Crippen molar-refractivity contribution in [1.82, 2.24) is 0 Å². The molecular formula is C24H45NO18. The van der Waals surface area contributed by atoms with E-state index in [2.05, 4.69) is 0 Å². The molecule has 0 aromatic heterocycles. The number of nitrogens with two attached hydrogens (primary N) is 1. The van der Waals surface area contributed by atoms with E-state index in [9.17, 15) is 61.0 Å². The van der Waals surface area contributed by atoms with Crippen LogP contribution in [-0.2, 0) is 28.5 Å². The van der Waals surface area contributed by atoms with Crippen molar-refractivity contribution >= 4 is 5.97 Å². The molecule has 14 N–H and O–H groups in total. The number of hydrogen-bond acceptors (Lipinski definition) is 18. The van der Waals surface area contributed by atoms with Gasteiger partial charge in [-0.3, -0.25) is 4.79 Å². The van der Waals surface area contributed by atoms with Gasteiger partial charge in [-0.2, -0.15) is 0 Å². The molecule has 0 saturated carbocycles. The molecule has 0 unspecified atom stereocenters. The van der Waals surface area contributed by atoms with Crippen LogP contribution < -0.4 is 5.73 Å². The predicted molar refractivity (Wildman–Crippen MR) is 136 cm³/mol. The van der Waals surface area contributed by atoms with Crippen LogP contribution in [0.15, 0.2) is 0 Å². The second-order valence-corrected chi connectivity index (χ2v) is 11.0. The number of aliphatic carboxylic acids is 1. The van der Waals surface area contributed by atoms with Crippen LogP contribution in [0.5, 0.6) is 0 Å². The highest BCUT2D eigenvalue weighted by Crippen LogP contribution is 2.36. The van der Waals surface area contributed by atoms with E-state index in [0.29, 0.717) is 12.3 Å². The Labute approximate surface area is 246 Å². The molecule has 3 fully saturated rings. The Bertz CT molecular complexity index is 853. The van der Waals surface area contributed by atoms with Gasteiger partial charge in [-0.1, -0.05) is 13.8 Å². The van der Waals surface area contributed by atoms with Crippen LogP contribution in [0.2, 0.25) is 0 Å². The van der Waals surface area contributed by atoms with Crippen LogP contribution >= 0.6 is 0 Å². The molecule has 0 amide bonds. The number of aliphatic hydroxyl groups excluding tert-OH is 11. The fourth-order valence-corrected chi connectivity index (χ4v) is 4.62. The van der Waals surface area contributed by atoms with Crippen molar-refractivity contribution in [3.8, 4) is 0 Å². The number of carboxylic acid groups (broad SMARTS) is 1. The largest absolute Gasteiger partial charge is 0.480 e. The molecule has 3 heterocycles. The average molecular weight is 636 g/mol. The summed E-state index contributed by atoms with van der Waals surface area (Å²) in [4.78, 5) is 10.1. The zero-order valence-corrected chi connectivity index (χ0v) is 23.6. The molecule has 0 bridgehead atoms. The standard InChI is InChI=1S/C18H32O16.C6H13NO2/c19-1-5-8(22)11(25)13(27)16(31-5)30-3-7-9(23)12(26)14(28)17(32-7)34-18(4-21)15(29)10(24)6(2-20)33-18;1-4(2)3-5(7)6(8)9/h5-17,19-29H,1-4H2;4-5H,3,7H2,1-2H3,(H,8,9)/t5-,6-,7-,8+,9-,10-,11+,12+,13-,14-,15+,16+,17-,18+;5-/m10/s1. The van der Waals surface area contributed by atoms with Gasteiger partial charge in [-0.05, 0) is 12.3 Å². The number of ether oxygens (including phenoxy) is 5. The van der Waals surface area contributed by atoms with Crippen molar-refractivity contribution in [2.75, 3.05) is 26.4 Å². The van der Waals surface area contributed by atoms with E-state index in [1.54, 1.807) is 0 Å². The topological polar surface area (TPSA) is 332 Å². The maximum Gasteiger partial charge on any atom is 0.320 e. The molecule has 3 aliphatic rings. The first-order chi connectivity index (χ1) is 20.0. The van der Waals surface area contributed by atoms with Gasteiger partial charge in [0.1, 0.15) is 79.8 Å². The highest BCUT2D eigenvalue weighted by atomic mass is 16.8. The molecule has 0 aliphatic carbocycles. The normalized spacial score (nSPS) is 44.1. The average Bonchev–Trinajstić information content (AvgIpc) is 3.21. The summed E-state index contributed by atoms with van der Waals surface area (Å²) in [5.41, 5.74) is 5.22. The number of carboxylic acids is 1. The SMILES string of the molecule is CC(C)C[C@H](N)C(=O)O.OC[C@H]1O[C@H](OC[C@H]2O[C@H](O[C@]3(CO)O[C@H](CO)[C@@H](O)[C@@H]3O)[C@H](O)[C@@H](O)[C@@H]2O)[C@H](O)[C@@H](O)[C@H]1O. The molecule has 3 saturated heterocycles. The number of hydrogen-bond donors (Lipinski definition) is 13. The lowest BCUT2D eigenvalue weighted by atomic mass is 9.98. The Morgan fingerprint density at radius 3 is 1.72 bits per heavy atom. The van der Waals surface area contributed by atoms with Gasteiger partial charge in [0.25, 0.3) is 0 Å². The van der Waals surface area contributed by atoms with Crippen LogP contribution in [0.4, 0.5) is 0 Å². The van der Waals surface area contributed by atoms with Gasteiger partial charge < -0.3 is 90.7 Å². The Morgan fingerprint density at radius 1 is 0.767 bits per heavy atom. The molecule has 15 atom stereocenters. The van der Waals surface area contributed by atoms with Crippen molar-refractivity contribution in [2.24, 2.45) is 11.7 Å². The van der Waals surface area contributed by atoms with Crippen molar-refractivity contribution in [3.63, 3.8) is 0 Å². The maximum atomic E-state index is 10.3. The minimum atomic E-state index is -2.36. The van der Waals surface area contributed by atoms with Crippen LogP contribution in [0.25, 0.3) is 0 Å². The van der Waals surface area contributed by atoms with E-state index in [1.165, 1.54) is 0 Å². The summed E-state index contributed by atoms with van der Waals surface area (Å²) in [5, 5.41) is 117. The molecule has 0 spiro atoms. The van der Waals surface area contributed by atoms with E-state index < -0.39 is 124 Å². The van der Waals surface area contributed by atoms with Gasteiger partial charge in [0, 0.05) is 0 Å². The molecular weight excluding hydrogens is 590 g/mol. The Morgan fingerprint density at radius 2 is 1.28 bits per heavy atom. The Hall–Kier alpha value is -1.21. The molecule has 43 heavy (non-hydrogen) atoms. The molecule has 0 radical (unpaired) electrons. The monoisotopic (exact) mass is 635 g/mol. The third kappa shape index (κ3) is 8.95. The predicted octanol–water partition coefficient (Wildman–Crippen LogP) is -7.13. The fraction of sp³-hybridized carbons (Fsp3) is 0.958. The van der Waals surface area contributed by atoms with E-state index in [4.69, 9.17) is 34.5 Å². The zero-order valence-electron chi connectivity index (χ0n) is 23.6. The van der Waals surface area contributed by atoms with Crippen LogP contribution in [0.1, 0.15) is 20.3 Å². The molecule has 19 nitrogen and oxygen atoms in total. The Kier molecular flexibility index (Phi) is 14.5. The maximum absolute atomic E-state index is 10.3. The number of rotatable bonds is 11. The van der Waals surface area contributed by atoms with Gasteiger partial charge in [0.05, 0.1) is 19.8 Å². The van der Waals surface area contributed by atoms with E-state index in [-0.39, 0.29) is 0 Å². The van der Waals surface area contributed by atoms with Crippen LogP contribution in [-0.4, -0.2) is 185 Å². The van der Waals surface area contributed by atoms with Gasteiger partial charge in [0.2, 0.25) is 5.79 Å². The lowest BCUT2D eigenvalue weighted by molar-refractivity contribution is -0.388. The van der Waals surface area contributed by atoms with Gasteiger partial charge >= 0.3 is 5.97 Å². The van der Waals surface area contributed by atoms with Crippen molar-refractivity contribution < 1.29 is 89.8 Å². The Balaban J connectivity index is 0.000000621. The highest BCUT2D eigenvalue weighted by Gasteiger charge is 2.58. The first-order valence-corrected chi connectivity index (χ1v) is 13.6. The molecule has 0 aromatic carbocycles. The fourth-order valence-electron chi connectivity index (χ4n) is 4.62. The lowest BCUT2D eigenvalue weighted by Gasteiger charge is -2.44. The van der Waals surface area contributed by atoms with Crippen molar-refractivity contribution in [2.45, 2.75) is 112 Å². The summed E-state index contributed by atoms with van der Waals surface area (Å²) >= 11 is 0. The smallest absolute Gasteiger partial charge is 0.320 e. The zero-order chi connectivity index (χ0) is 32.8. The molecule has 254 valence electrons. The quantitative estimate of drug-likeness (QED) is 0.100. The van der Waals surface area contributed by atoms with Crippen LogP contribution in [0.3, 0.4) is 0 Å². The van der Waals surface area contributed by atoms with Gasteiger partial charge in [0.15, 0.2) is 12.6 Å². The molecule has 19 heteroatoms. The molecule has 3 aliphatic heterocycles. The highest BCUT2D eigenvalue weighted by molar-refractivity contribution is 5.72. The second kappa shape index (κ2) is 16.4. The van der Waals surface area contributed by atoms with Gasteiger partial charge in [-0.15, -0.1) is 0 Å². The minimum Gasteiger partial charge on any atom is -0.480 e. The summed E-state index contributed by atoms with van der Waals surface area (Å²) in [6.07, 6.45) is -21.2. The molecule has 3 rings (SSSR count). The van der Waals surface area contributed by atoms with E-state index in [0.717, 1.165) is 0 Å². The molecule has 0 aromatic rings. The van der Waals surface area contributed by atoms with Crippen molar-refractivity contribution in [3.05, 3.63) is 0 Å². The first-order valence-electron chi connectivity index (χ1n) is 13.6. The van der Waals surface area contributed by atoms with Crippen LogP contribution in [0, 0.1) is 5.92 Å². The van der Waals surface area contributed by atoms with E-state index >= 15 is 0 Å². The first kappa shape index (κ1) is 38.0. The summed E-state index contributed by atoms with van der Waals surface area (Å²) in [6, 6.07) is -0.690. The number of aliphatic hydroxyl groups is 11. The summed E-state index contributed by atoms with van der Waals surface area (Å²) in [5.74, 6) is -2.91. The van der Waals surface area contributed by atoms with Crippen molar-refractivity contribution in [1.29, 1.82) is 0 Å². The summed E-state index contributed by atoms with van der Waals surface area (Å²) in [7, 11) is 0. The number of carbonyl (C=O) groups is 1. The second-order valence-electron chi connectivity index (χ2n) is 11.0. The third-order valence-electron chi connectivity index (χ3n) is 7.21. The summed E-state index contributed by atoms with van der Waals surface area (Å²) < 4.78 is 26.4. The van der Waals surface area contributed by atoms with Gasteiger partial charge in [-0.25, -0.2) is 0 Å². The summed E-state index contributed by atoms with van der Waals surface area (Å²) in [6.45, 7) is 0.754. The third-order valence-corrected chi connectivity index (χ3v) is 7.21. The lowest BCUT2D eigenvalue weighted by Crippen LogP contribution is -2.63. The minimum absolute atomic E-state index is 0.357.